The van der Waals surface area contributed by atoms with E-state index in [0.29, 0.717) is 29.0 Å². The highest BCUT2D eigenvalue weighted by molar-refractivity contribution is 7.98. The van der Waals surface area contributed by atoms with Gasteiger partial charge in [-0.25, -0.2) is 9.48 Å². The Labute approximate surface area is 210 Å². The number of hydrogen-bond donors (Lipinski definition) is 1. The van der Waals surface area contributed by atoms with Crippen LogP contribution in [0.4, 0.5) is 5.95 Å². The Morgan fingerprint density at radius 2 is 1.97 bits per heavy atom. The number of anilines is 1. The Morgan fingerprint density at radius 3 is 2.71 bits per heavy atom. The molecule has 0 radical (unpaired) electrons. The molecule has 0 saturated heterocycles. The highest BCUT2D eigenvalue weighted by atomic mass is 32.2. The van der Waals surface area contributed by atoms with Gasteiger partial charge in [0.2, 0.25) is 11.1 Å². The molecule has 184 valence electrons. The van der Waals surface area contributed by atoms with E-state index in [1.807, 2.05) is 63.2 Å². The van der Waals surface area contributed by atoms with Gasteiger partial charge in [-0.3, -0.25) is 0 Å². The van der Waals surface area contributed by atoms with Crippen molar-refractivity contribution < 1.29 is 14.3 Å². The van der Waals surface area contributed by atoms with Crippen LogP contribution in [0.3, 0.4) is 0 Å². The van der Waals surface area contributed by atoms with Gasteiger partial charge >= 0.3 is 5.97 Å². The molecular weight excluding hydrogens is 460 g/mol. The number of benzene rings is 2. The number of carbonyl (C=O) groups is 1. The van der Waals surface area contributed by atoms with Crippen LogP contribution in [-0.2, 0) is 15.3 Å². The second-order valence-electron chi connectivity index (χ2n) is 8.73. The lowest BCUT2D eigenvalue weighted by molar-refractivity contribution is -0.139. The van der Waals surface area contributed by atoms with Crippen molar-refractivity contribution in [1.82, 2.24) is 14.8 Å². The Hall–Kier alpha value is -3.26. The zero-order valence-corrected chi connectivity index (χ0v) is 21.5. The number of carbonyl (C=O) groups excluding carboxylic acids is 1. The molecule has 0 bridgehead atoms. The van der Waals surface area contributed by atoms with Crippen molar-refractivity contribution in [3.63, 3.8) is 0 Å². The summed E-state index contributed by atoms with van der Waals surface area (Å²) in [5.41, 5.74) is 3.33. The molecule has 4 rings (SSSR count). The van der Waals surface area contributed by atoms with E-state index in [9.17, 15) is 4.79 Å². The summed E-state index contributed by atoms with van der Waals surface area (Å²) in [5.74, 6) is 1.75. The van der Waals surface area contributed by atoms with E-state index in [4.69, 9.17) is 19.6 Å². The van der Waals surface area contributed by atoms with Gasteiger partial charge in [0.15, 0.2) is 0 Å². The summed E-state index contributed by atoms with van der Waals surface area (Å²) in [4.78, 5) is 18.0. The minimum atomic E-state index is -0.477. The molecule has 2 heterocycles. The summed E-state index contributed by atoms with van der Waals surface area (Å²) >= 11 is 1.56. The third kappa shape index (κ3) is 6.06. The van der Waals surface area contributed by atoms with Crippen LogP contribution >= 0.6 is 11.8 Å². The van der Waals surface area contributed by atoms with Gasteiger partial charge in [-0.2, -0.15) is 4.98 Å². The highest BCUT2D eigenvalue weighted by Gasteiger charge is 2.35. The van der Waals surface area contributed by atoms with Crippen molar-refractivity contribution in [2.75, 3.05) is 11.9 Å². The molecule has 1 N–H and O–H groups in total. The Balaban J connectivity index is 1.69. The maximum atomic E-state index is 13.2. The van der Waals surface area contributed by atoms with Crippen LogP contribution in [0, 0.1) is 0 Å². The van der Waals surface area contributed by atoms with Crippen molar-refractivity contribution in [2.45, 2.75) is 63.6 Å². The zero-order chi connectivity index (χ0) is 24.8. The third-order valence-corrected chi connectivity index (χ3v) is 6.45. The smallest absolute Gasteiger partial charge is 0.338 e. The van der Waals surface area contributed by atoms with Gasteiger partial charge in [0.25, 0.3) is 0 Å². The van der Waals surface area contributed by atoms with Crippen LogP contribution in [0.5, 0.6) is 5.75 Å². The molecule has 2 aromatic carbocycles. The maximum absolute atomic E-state index is 13.2. The first-order valence-corrected chi connectivity index (χ1v) is 13.0. The van der Waals surface area contributed by atoms with Crippen LogP contribution in [0.25, 0.3) is 0 Å². The van der Waals surface area contributed by atoms with E-state index in [2.05, 4.69) is 24.4 Å². The normalized spacial score (nSPS) is 15.1. The van der Waals surface area contributed by atoms with Crippen LogP contribution in [0.1, 0.15) is 57.7 Å². The average molecular weight is 493 g/mol. The van der Waals surface area contributed by atoms with Crippen molar-refractivity contribution in [3.8, 4) is 5.75 Å². The monoisotopic (exact) mass is 492 g/mol. The number of aromatic nitrogens is 3. The number of fused-ring (bicyclic) bond motifs is 1. The number of hydrogen-bond acceptors (Lipinski definition) is 7. The predicted octanol–water partition coefficient (Wildman–Crippen LogP) is 5.99. The standard InChI is InChI=1S/C27H32N4O3S/c1-5-6-15-33-25(32)23-19(4)28-26-29-27(35-17-20-11-8-7-9-12-20)30-31(26)24(23)21-13-10-14-22(16-21)34-18(2)3/h7-14,16,18,24H,5-6,15,17H2,1-4H3,(H,28,29,30). The topological polar surface area (TPSA) is 78.3 Å². The van der Waals surface area contributed by atoms with Gasteiger partial charge in [-0.05, 0) is 50.5 Å². The van der Waals surface area contributed by atoms with Crippen LogP contribution in [0.15, 0.2) is 71.0 Å². The first kappa shape index (κ1) is 24.9. The fraction of sp³-hybridized carbons (Fsp3) is 0.370. The first-order chi connectivity index (χ1) is 17.0. The molecule has 0 fully saturated rings. The second-order valence-corrected chi connectivity index (χ2v) is 9.67. The quantitative estimate of drug-likeness (QED) is 0.212. The van der Waals surface area contributed by atoms with Crippen molar-refractivity contribution in [2.24, 2.45) is 0 Å². The minimum absolute atomic E-state index is 0.0388. The van der Waals surface area contributed by atoms with Crippen LogP contribution in [0.2, 0.25) is 0 Å². The number of rotatable bonds is 10. The fourth-order valence-electron chi connectivity index (χ4n) is 3.90. The molecule has 1 aliphatic heterocycles. The summed E-state index contributed by atoms with van der Waals surface area (Å²) in [6.07, 6.45) is 1.82. The molecule has 0 spiro atoms. The van der Waals surface area contributed by atoms with Gasteiger partial charge in [0, 0.05) is 11.4 Å². The van der Waals surface area contributed by atoms with E-state index in [1.54, 1.807) is 16.4 Å². The van der Waals surface area contributed by atoms with Gasteiger partial charge in [0.05, 0.1) is 18.3 Å². The molecule has 0 amide bonds. The highest BCUT2D eigenvalue weighted by Crippen LogP contribution is 2.38. The largest absolute Gasteiger partial charge is 0.491 e. The van der Waals surface area contributed by atoms with Crippen LogP contribution < -0.4 is 10.1 Å². The van der Waals surface area contributed by atoms with E-state index < -0.39 is 6.04 Å². The van der Waals surface area contributed by atoms with E-state index in [-0.39, 0.29) is 12.1 Å². The van der Waals surface area contributed by atoms with Gasteiger partial charge in [-0.15, -0.1) is 5.10 Å². The number of esters is 1. The van der Waals surface area contributed by atoms with Crippen molar-refractivity contribution in [1.29, 1.82) is 0 Å². The van der Waals surface area contributed by atoms with E-state index >= 15 is 0 Å². The number of nitrogens with zero attached hydrogens (tertiary/aromatic N) is 3. The number of nitrogens with one attached hydrogen (secondary N) is 1. The van der Waals surface area contributed by atoms with Crippen molar-refractivity contribution in [3.05, 3.63) is 77.0 Å². The van der Waals surface area contributed by atoms with E-state index in [0.717, 1.165) is 29.9 Å². The number of thioether (sulfide) groups is 1. The number of ether oxygens (including phenoxy) is 2. The summed E-state index contributed by atoms with van der Waals surface area (Å²) < 4.78 is 13.3. The minimum Gasteiger partial charge on any atom is -0.491 e. The SMILES string of the molecule is CCCCOC(=O)C1=C(C)Nc2nc(SCc3ccccc3)nn2C1c1cccc(OC(C)C)c1. The molecule has 1 aromatic heterocycles. The summed E-state index contributed by atoms with van der Waals surface area (Å²) in [5, 5.41) is 8.71. The lowest BCUT2D eigenvalue weighted by atomic mass is 9.95. The molecule has 0 aliphatic carbocycles. The molecule has 0 saturated carbocycles. The zero-order valence-electron chi connectivity index (χ0n) is 20.7. The third-order valence-electron chi connectivity index (χ3n) is 5.54. The van der Waals surface area contributed by atoms with E-state index in [1.165, 1.54) is 5.56 Å². The molecule has 7 nitrogen and oxygen atoms in total. The second kappa shape index (κ2) is 11.4. The summed E-state index contributed by atoms with van der Waals surface area (Å²) in [7, 11) is 0. The lowest BCUT2D eigenvalue weighted by Crippen LogP contribution is -2.30. The fourth-order valence-corrected chi connectivity index (χ4v) is 4.69. The van der Waals surface area contributed by atoms with Gasteiger partial charge in [0.1, 0.15) is 11.8 Å². The maximum Gasteiger partial charge on any atom is 0.338 e. The molecular formula is C27H32N4O3S. The Bertz CT molecular complexity index is 1190. The Morgan fingerprint density at radius 1 is 1.17 bits per heavy atom. The van der Waals surface area contributed by atoms with Crippen molar-refractivity contribution >= 4 is 23.7 Å². The average Bonchev–Trinajstić information content (AvgIpc) is 3.24. The Kier molecular flexibility index (Phi) is 8.13. The number of unbranched alkanes of at least 4 members (excludes halogenated alkanes) is 1. The summed E-state index contributed by atoms with van der Waals surface area (Å²) in [6.45, 7) is 8.32. The number of allylic oxidation sites excluding steroid dienone is 1. The predicted molar refractivity (Wildman–Crippen MR) is 139 cm³/mol. The van der Waals surface area contributed by atoms with Gasteiger partial charge in [-0.1, -0.05) is 67.6 Å². The molecule has 35 heavy (non-hydrogen) atoms. The summed E-state index contributed by atoms with van der Waals surface area (Å²) in [6, 6.07) is 17.5. The van der Waals surface area contributed by atoms with Gasteiger partial charge < -0.3 is 14.8 Å². The lowest BCUT2D eigenvalue weighted by Gasteiger charge is -2.28. The molecule has 8 heteroatoms. The molecule has 1 atom stereocenters. The molecule has 1 aliphatic rings. The first-order valence-electron chi connectivity index (χ1n) is 12.0. The molecule has 3 aromatic rings. The molecule has 1 unspecified atom stereocenters. The van der Waals surface area contributed by atoms with Crippen LogP contribution in [-0.4, -0.2) is 33.4 Å².